The summed E-state index contributed by atoms with van der Waals surface area (Å²) in [6.07, 6.45) is 4.55. The van der Waals surface area contributed by atoms with Gasteiger partial charge in [-0.15, -0.1) is 6.58 Å². The van der Waals surface area contributed by atoms with E-state index in [9.17, 15) is 0 Å². The van der Waals surface area contributed by atoms with E-state index in [4.69, 9.17) is 4.42 Å². The first kappa shape index (κ1) is 12.7. The van der Waals surface area contributed by atoms with Gasteiger partial charge in [0.2, 0.25) is 0 Å². The average Bonchev–Trinajstić information content (AvgIpc) is 2.93. The van der Waals surface area contributed by atoms with E-state index in [1.54, 1.807) is 6.26 Å². The SMILES string of the molecule is C=CC[C@@H](N[C@@H](C)c1ccco1)c1ccccc1. The van der Waals surface area contributed by atoms with Crippen LogP contribution in [0.5, 0.6) is 0 Å². The van der Waals surface area contributed by atoms with E-state index in [2.05, 4.69) is 43.1 Å². The standard InChI is InChI=1S/C16H19NO/c1-3-8-15(14-9-5-4-6-10-14)17-13(2)16-11-7-12-18-16/h3-7,9-13,15,17H,1,8H2,2H3/t13-,15+/m0/s1. The second-order valence-electron chi connectivity index (χ2n) is 4.39. The van der Waals surface area contributed by atoms with Gasteiger partial charge in [-0.25, -0.2) is 0 Å². The predicted molar refractivity (Wildman–Crippen MR) is 74.3 cm³/mol. The third kappa shape index (κ3) is 3.11. The number of nitrogens with one attached hydrogen (secondary N) is 1. The van der Waals surface area contributed by atoms with E-state index in [1.807, 2.05) is 24.3 Å². The first-order chi connectivity index (χ1) is 8.81. The van der Waals surface area contributed by atoms with E-state index < -0.39 is 0 Å². The van der Waals surface area contributed by atoms with Gasteiger partial charge in [-0.1, -0.05) is 36.4 Å². The molecule has 1 aromatic heterocycles. The molecular weight excluding hydrogens is 222 g/mol. The summed E-state index contributed by atoms with van der Waals surface area (Å²) in [7, 11) is 0. The van der Waals surface area contributed by atoms with Gasteiger partial charge in [0, 0.05) is 6.04 Å². The fourth-order valence-electron chi connectivity index (χ4n) is 2.07. The van der Waals surface area contributed by atoms with Gasteiger partial charge in [-0.3, -0.25) is 0 Å². The third-order valence-corrected chi connectivity index (χ3v) is 3.03. The predicted octanol–water partition coefficient (Wildman–Crippen LogP) is 4.25. The topological polar surface area (TPSA) is 25.2 Å². The van der Waals surface area contributed by atoms with Crippen LogP contribution in [0.25, 0.3) is 0 Å². The summed E-state index contributed by atoms with van der Waals surface area (Å²) >= 11 is 0. The summed E-state index contributed by atoms with van der Waals surface area (Å²) in [5, 5.41) is 3.57. The Kier molecular flexibility index (Phi) is 4.37. The number of benzene rings is 1. The van der Waals surface area contributed by atoms with Crippen molar-refractivity contribution in [2.24, 2.45) is 0 Å². The number of furan rings is 1. The van der Waals surface area contributed by atoms with Crippen LogP contribution in [0.4, 0.5) is 0 Å². The normalized spacial score (nSPS) is 14.1. The lowest BCUT2D eigenvalue weighted by atomic mass is 10.0. The highest BCUT2D eigenvalue weighted by molar-refractivity contribution is 5.20. The molecule has 2 heteroatoms. The van der Waals surface area contributed by atoms with Crippen LogP contribution in [0.3, 0.4) is 0 Å². The van der Waals surface area contributed by atoms with Gasteiger partial charge in [0.15, 0.2) is 0 Å². The Morgan fingerprint density at radius 1 is 1.22 bits per heavy atom. The maximum Gasteiger partial charge on any atom is 0.120 e. The highest BCUT2D eigenvalue weighted by Crippen LogP contribution is 2.22. The van der Waals surface area contributed by atoms with Crippen LogP contribution in [0.15, 0.2) is 65.8 Å². The van der Waals surface area contributed by atoms with Crippen LogP contribution in [0.2, 0.25) is 0 Å². The molecule has 0 bridgehead atoms. The van der Waals surface area contributed by atoms with E-state index in [0.717, 1.165) is 12.2 Å². The number of hydrogen-bond donors (Lipinski definition) is 1. The van der Waals surface area contributed by atoms with Crippen molar-refractivity contribution < 1.29 is 4.42 Å². The summed E-state index contributed by atoms with van der Waals surface area (Å²) in [6, 6.07) is 14.8. The lowest BCUT2D eigenvalue weighted by molar-refractivity contribution is 0.393. The lowest BCUT2D eigenvalue weighted by Crippen LogP contribution is -2.24. The maximum atomic E-state index is 5.42. The molecule has 2 nitrogen and oxygen atoms in total. The Bertz CT molecular complexity index is 461. The van der Waals surface area contributed by atoms with Crippen LogP contribution in [-0.2, 0) is 0 Å². The van der Waals surface area contributed by atoms with Gasteiger partial charge in [0.1, 0.15) is 5.76 Å². The molecule has 0 radical (unpaired) electrons. The summed E-state index contributed by atoms with van der Waals surface area (Å²) in [4.78, 5) is 0. The second kappa shape index (κ2) is 6.22. The minimum atomic E-state index is 0.185. The van der Waals surface area contributed by atoms with Gasteiger partial charge in [-0.2, -0.15) is 0 Å². The highest BCUT2D eigenvalue weighted by atomic mass is 16.3. The van der Waals surface area contributed by atoms with E-state index in [0.29, 0.717) is 0 Å². The summed E-state index contributed by atoms with van der Waals surface area (Å²) in [5.41, 5.74) is 1.27. The minimum Gasteiger partial charge on any atom is -0.468 e. The molecular formula is C16H19NO. The van der Waals surface area contributed by atoms with Crippen LogP contribution in [0, 0.1) is 0 Å². The average molecular weight is 241 g/mol. The third-order valence-electron chi connectivity index (χ3n) is 3.03. The zero-order valence-corrected chi connectivity index (χ0v) is 10.7. The smallest absolute Gasteiger partial charge is 0.120 e. The lowest BCUT2D eigenvalue weighted by Gasteiger charge is -2.21. The zero-order valence-electron chi connectivity index (χ0n) is 10.7. The molecule has 0 amide bonds. The Balaban J connectivity index is 2.09. The van der Waals surface area contributed by atoms with Crippen molar-refractivity contribution in [2.75, 3.05) is 0 Å². The molecule has 0 saturated heterocycles. The summed E-state index contributed by atoms with van der Waals surface area (Å²) < 4.78 is 5.42. The van der Waals surface area contributed by atoms with E-state index in [-0.39, 0.29) is 12.1 Å². The molecule has 0 fully saturated rings. The molecule has 0 unspecified atom stereocenters. The fraction of sp³-hybridized carbons (Fsp3) is 0.250. The monoisotopic (exact) mass is 241 g/mol. The van der Waals surface area contributed by atoms with Gasteiger partial charge < -0.3 is 9.73 Å². The second-order valence-corrected chi connectivity index (χ2v) is 4.39. The van der Waals surface area contributed by atoms with Crippen LogP contribution >= 0.6 is 0 Å². The molecule has 2 atom stereocenters. The molecule has 0 saturated carbocycles. The van der Waals surface area contributed by atoms with Crippen molar-refractivity contribution in [2.45, 2.75) is 25.4 Å². The van der Waals surface area contributed by atoms with Gasteiger partial charge in [-0.05, 0) is 31.0 Å². The summed E-state index contributed by atoms with van der Waals surface area (Å²) in [5.74, 6) is 0.958. The van der Waals surface area contributed by atoms with E-state index in [1.165, 1.54) is 5.56 Å². The Hall–Kier alpha value is -1.80. The van der Waals surface area contributed by atoms with Crippen LogP contribution < -0.4 is 5.32 Å². The maximum absolute atomic E-state index is 5.42. The number of rotatable bonds is 6. The molecule has 0 spiro atoms. The molecule has 2 aromatic rings. The van der Waals surface area contributed by atoms with Crippen LogP contribution in [-0.4, -0.2) is 0 Å². The molecule has 0 aliphatic carbocycles. The molecule has 0 aliphatic heterocycles. The van der Waals surface area contributed by atoms with Crippen LogP contribution in [0.1, 0.15) is 36.8 Å². The van der Waals surface area contributed by atoms with Crippen molar-refractivity contribution in [3.8, 4) is 0 Å². The first-order valence-electron chi connectivity index (χ1n) is 6.26. The van der Waals surface area contributed by atoms with Crippen molar-refractivity contribution >= 4 is 0 Å². The number of hydrogen-bond acceptors (Lipinski definition) is 2. The first-order valence-corrected chi connectivity index (χ1v) is 6.26. The van der Waals surface area contributed by atoms with Crippen molar-refractivity contribution in [1.82, 2.24) is 5.32 Å². The Morgan fingerprint density at radius 2 is 2.00 bits per heavy atom. The molecule has 1 N–H and O–H groups in total. The van der Waals surface area contributed by atoms with Gasteiger partial charge in [0.05, 0.1) is 12.3 Å². The molecule has 18 heavy (non-hydrogen) atoms. The largest absolute Gasteiger partial charge is 0.468 e. The molecule has 2 rings (SSSR count). The zero-order chi connectivity index (χ0) is 12.8. The Morgan fingerprint density at radius 3 is 2.61 bits per heavy atom. The van der Waals surface area contributed by atoms with Gasteiger partial charge in [0.25, 0.3) is 0 Å². The van der Waals surface area contributed by atoms with Crippen molar-refractivity contribution in [3.63, 3.8) is 0 Å². The highest BCUT2D eigenvalue weighted by Gasteiger charge is 2.15. The Labute approximate surface area is 108 Å². The van der Waals surface area contributed by atoms with Crippen molar-refractivity contribution in [1.29, 1.82) is 0 Å². The fourth-order valence-corrected chi connectivity index (χ4v) is 2.07. The quantitative estimate of drug-likeness (QED) is 0.765. The van der Waals surface area contributed by atoms with Crippen molar-refractivity contribution in [3.05, 3.63) is 72.7 Å². The summed E-state index contributed by atoms with van der Waals surface area (Å²) in [6.45, 7) is 5.94. The minimum absolute atomic E-state index is 0.185. The molecule has 1 aromatic carbocycles. The van der Waals surface area contributed by atoms with Gasteiger partial charge >= 0.3 is 0 Å². The molecule has 94 valence electrons. The van der Waals surface area contributed by atoms with E-state index >= 15 is 0 Å². The molecule has 0 aliphatic rings. The molecule has 1 heterocycles.